The van der Waals surface area contributed by atoms with Crippen molar-refractivity contribution in [2.24, 2.45) is 0 Å². The Morgan fingerprint density at radius 1 is 0.733 bits per heavy atom. The molecule has 0 unspecified atom stereocenters. The fourth-order valence-corrected chi connectivity index (χ4v) is 2.42. The Balaban J connectivity index is 1.80. The minimum atomic E-state index is -0.363. The van der Waals surface area contributed by atoms with E-state index in [1.165, 1.54) is 0 Å². The highest BCUT2D eigenvalue weighted by molar-refractivity contribution is 5.89. The van der Waals surface area contributed by atoms with Crippen molar-refractivity contribution in [2.45, 2.75) is 19.3 Å². The molecule has 0 bridgehead atoms. The molecule has 0 aliphatic carbocycles. The van der Waals surface area contributed by atoms with E-state index in [0.29, 0.717) is 51.8 Å². The second-order valence-corrected chi connectivity index (χ2v) is 6.47. The summed E-state index contributed by atoms with van der Waals surface area (Å²) in [5.74, 6) is -0.363. The largest absolute Gasteiger partial charge is 0.460 e. The minimum Gasteiger partial charge on any atom is -0.460 e. The van der Waals surface area contributed by atoms with Crippen LogP contribution in [0, 0.1) is 0 Å². The van der Waals surface area contributed by atoms with E-state index < -0.39 is 0 Å². The Labute approximate surface area is 180 Å². The maximum atomic E-state index is 11.9. The molecule has 0 spiro atoms. The quantitative estimate of drug-likeness (QED) is 0.235. The maximum absolute atomic E-state index is 11.9. The fraction of sp³-hybridized carbons (Fsp3) is 0.609. The van der Waals surface area contributed by atoms with Gasteiger partial charge in [-0.25, -0.2) is 4.79 Å². The zero-order chi connectivity index (χ0) is 21.7. The number of carbonyl (C=O) groups excluding carboxylic acids is 1. The summed E-state index contributed by atoms with van der Waals surface area (Å²) < 4.78 is 31.9. The highest BCUT2D eigenvalue weighted by atomic mass is 16.6. The van der Waals surface area contributed by atoms with E-state index in [-0.39, 0.29) is 12.6 Å². The van der Waals surface area contributed by atoms with Crippen LogP contribution < -0.4 is 0 Å². The standard InChI is InChI=1S/C23H36O7/c1-3-21-7-9-22(10-8-21)23(24)30-20-19-29-18-17-28-16-15-27-14-13-26-12-6-4-5-11-25-2/h3,7-10H,1,4-6,11-20H2,2H3. The number of methoxy groups -OCH3 is 1. The van der Waals surface area contributed by atoms with Crippen molar-refractivity contribution >= 4 is 12.0 Å². The van der Waals surface area contributed by atoms with E-state index in [1.807, 2.05) is 12.1 Å². The van der Waals surface area contributed by atoms with E-state index in [0.717, 1.165) is 38.0 Å². The predicted molar refractivity (Wildman–Crippen MR) is 116 cm³/mol. The first-order valence-electron chi connectivity index (χ1n) is 10.5. The van der Waals surface area contributed by atoms with Crippen LogP contribution in [-0.2, 0) is 28.4 Å². The summed E-state index contributed by atoms with van der Waals surface area (Å²) in [4.78, 5) is 11.9. The molecule has 0 saturated heterocycles. The van der Waals surface area contributed by atoms with Crippen LogP contribution >= 0.6 is 0 Å². The van der Waals surface area contributed by atoms with E-state index in [9.17, 15) is 4.79 Å². The number of carbonyl (C=O) groups is 1. The second kappa shape index (κ2) is 19.2. The lowest BCUT2D eigenvalue weighted by Gasteiger charge is -2.08. The van der Waals surface area contributed by atoms with Gasteiger partial charge in [-0.05, 0) is 37.0 Å². The van der Waals surface area contributed by atoms with Crippen molar-refractivity contribution in [3.8, 4) is 0 Å². The van der Waals surface area contributed by atoms with Gasteiger partial charge < -0.3 is 28.4 Å². The SMILES string of the molecule is C=Cc1ccc(C(=O)OCCOCCOCCOCCOCCCCCOC)cc1. The molecule has 0 aromatic heterocycles. The van der Waals surface area contributed by atoms with Crippen molar-refractivity contribution in [1.29, 1.82) is 0 Å². The Morgan fingerprint density at radius 2 is 1.23 bits per heavy atom. The summed E-state index contributed by atoms with van der Waals surface area (Å²) in [5, 5.41) is 0. The number of hydrogen-bond donors (Lipinski definition) is 0. The Morgan fingerprint density at radius 3 is 1.77 bits per heavy atom. The number of rotatable bonds is 20. The van der Waals surface area contributed by atoms with Gasteiger partial charge in [0.15, 0.2) is 0 Å². The molecular weight excluding hydrogens is 388 g/mol. The van der Waals surface area contributed by atoms with Gasteiger partial charge in [0.05, 0.1) is 51.8 Å². The Bertz CT molecular complexity index is 545. The highest BCUT2D eigenvalue weighted by Crippen LogP contribution is 2.06. The van der Waals surface area contributed by atoms with Crippen LogP contribution in [0.15, 0.2) is 30.8 Å². The first kappa shape index (κ1) is 26.3. The Kier molecular flexibility index (Phi) is 16.8. The zero-order valence-electron chi connectivity index (χ0n) is 18.1. The maximum Gasteiger partial charge on any atom is 0.338 e. The number of unbranched alkanes of at least 4 members (excludes halogenated alkanes) is 2. The van der Waals surface area contributed by atoms with Crippen LogP contribution in [-0.4, -0.2) is 79.1 Å². The average Bonchev–Trinajstić information content (AvgIpc) is 2.78. The van der Waals surface area contributed by atoms with Crippen LogP contribution in [0.1, 0.15) is 35.2 Å². The van der Waals surface area contributed by atoms with Crippen molar-refractivity contribution in [3.63, 3.8) is 0 Å². The van der Waals surface area contributed by atoms with Gasteiger partial charge in [-0.1, -0.05) is 24.8 Å². The average molecular weight is 425 g/mol. The first-order chi connectivity index (χ1) is 14.8. The van der Waals surface area contributed by atoms with Crippen molar-refractivity contribution < 1.29 is 33.2 Å². The Hall–Kier alpha value is -1.77. The summed E-state index contributed by atoms with van der Waals surface area (Å²) in [6, 6.07) is 7.07. The van der Waals surface area contributed by atoms with Crippen LogP contribution in [0.3, 0.4) is 0 Å². The molecule has 0 aliphatic rings. The molecule has 1 aromatic rings. The van der Waals surface area contributed by atoms with Gasteiger partial charge in [0.2, 0.25) is 0 Å². The van der Waals surface area contributed by atoms with Crippen molar-refractivity contribution in [2.75, 3.05) is 73.2 Å². The molecule has 170 valence electrons. The molecule has 0 saturated carbocycles. The highest BCUT2D eigenvalue weighted by Gasteiger charge is 2.06. The van der Waals surface area contributed by atoms with E-state index in [2.05, 4.69) is 6.58 Å². The van der Waals surface area contributed by atoms with Crippen LogP contribution in [0.2, 0.25) is 0 Å². The molecule has 0 atom stereocenters. The molecule has 0 fully saturated rings. The van der Waals surface area contributed by atoms with E-state index >= 15 is 0 Å². The summed E-state index contributed by atoms with van der Waals surface area (Å²) in [6.45, 7) is 8.91. The van der Waals surface area contributed by atoms with E-state index in [1.54, 1.807) is 25.3 Å². The van der Waals surface area contributed by atoms with Crippen LogP contribution in [0.5, 0.6) is 0 Å². The normalized spacial score (nSPS) is 10.8. The molecule has 1 aromatic carbocycles. The smallest absolute Gasteiger partial charge is 0.338 e. The lowest BCUT2D eigenvalue weighted by Crippen LogP contribution is -2.14. The van der Waals surface area contributed by atoms with Gasteiger partial charge in [0.1, 0.15) is 6.61 Å². The third-order valence-corrected chi connectivity index (χ3v) is 4.10. The summed E-state index contributed by atoms with van der Waals surface area (Å²) in [5.41, 5.74) is 1.47. The first-order valence-corrected chi connectivity index (χ1v) is 10.5. The molecule has 0 amide bonds. The van der Waals surface area contributed by atoms with Crippen molar-refractivity contribution in [1.82, 2.24) is 0 Å². The minimum absolute atomic E-state index is 0.206. The number of benzene rings is 1. The lowest BCUT2D eigenvalue weighted by molar-refractivity contribution is -0.00918. The number of hydrogen-bond acceptors (Lipinski definition) is 7. The molecule has 7 nitrogen and oxygen atoms in total. The third-order valence-electron chi connectivity index (χ3n) is 4.10. The van der Waals surface area contributed by atoms with Gasteiger partial charge in [-0.15, -0.1) is 0 Å². The molecule has 30 heavy (non-hydrogen) atoms. The summed E-state index contributed by atoms with van der Waals surface area (Å²) >= 11 is 0. The molecule has 0 aliphatic heterocycles. The topological polar surface area (TPSA) is 72.5 Å². The number of ether oxygens (including phenoxy) is 6. The monoisotopic (exact) mass is 424 g/mol. The molecule has 0 radical (unpaired) electrons. The summed E-state index contributed by atoms with van der Waals surface area (Å²) in [6.07, 6.45) is 4.97. The van der Waals surface area contributed by atoms with Crippen LogP contribution in [0.4, 0.5) is 0 Å². The van der Waals surface area contributed by atoms with Crippen LogP contribution in [0.25, 0.3) is 6.08 Å². The predicted octanol–water partition coefficient (Wildman–Crippen LogP) is 3.37. The second-order valence-electron chi connectivity index (χ2n) is 6.47. The molecular formula is C23H36O7. The molecule has 0 heterocycles. The van der Waals surface area contributed by atoms with Gasteiger partial charge in [0, 0.05) is 20.3 Å². The number of esters is 1. The van der Waals surface area contributed by atoms with Gasteiger partial charge in [0.25, 0.3) is 0 Å². The van der Waals surface area contributed by atoms with Gasteiger partial charge >= 0.3 is 5.97 Å². The third kappa shape index (κ3) is 14.3. The lowest BCUT2D eigenvalue weighted by atomic mass is 10.1. The molecule has 1 rings (SSSR count). The zero-order valence-corrected chi connectivity index (χ0v) is 18.1. The molecule has 7 heteroatoms. The molecule has 0 N–H and O–H groups in total. The van der Waals surface area contributed by atoms with E-state index in [4.69, 9.17) is 28.4 Å². The fourth-order valence-electron chi connectivity index (χ4n) is 2.42. The van der Waals surface area contributed by atoms with Crippen molar-refractivity contribution in [3.05, 3.63) is 42.0 Å². The van der Waals surface area contributed by atoms with Gasteiger partial charge in [-0.2, -0.15) is 0 Å². The van der Waals surface area contributed by atoms with Gasteiger partial charge in [-0.3, -0.25) is 0 Å². The summed E-state index contributed by atoms with van der Waals surface area (Å²) in [7, 11) is 1.72.